The van der Waals surface area contributed by atoms with Crippen molar-refractivity contribution in [3.05, 3.63) is 114 Å². The summed E-state index contributed by atoms with van der Waals surface area (Å²) >= 11 is 0. The van der Waals surface area contributed by atoms with E-state index in [1.807, 2.05) is 98.9 Å². The van der Waals surface area contributed by atoms with Crippen LogP contribution < -0.4 is 14.4 Å². The van der Waals surface area contributed by atoms with Gasteiger partial charge in [-0.05, 0) is 54.2 Å². The molecule has 1 N–H and O–H groups in total. The summed E-state index contributed by atoms with van der Waals surface area (Å²) in [5.74, 6) is 0.895. The Labute approximate surface area is 270 Å². The van der Waals surface area contributed by atoms with Gasteiger partial charge in [0.05, 0.1) is 24.1 Å². The lowest BCUT2D eigenvalue weighted by Crippen LogP contribution is -2.46. The topological polar surface area (TPSA) is 86.1 Å². The van der Waals surface area contributed by atoms with E-state index < -0.39 is 5.60 Å². The summed E-state index contributed by atoms with van der Waals surface area (Å²) < 4.78 is 19.8. The van der Waals surface area contributed by atoms with Gasteiger partial charge in [0.2, 0.25) is 11.8 Å². The maximum Gasteiger partial charge on any atom is 0.308 e. The summed E-state index contributed by atoms with van der Waals surface area (Å²) in [4.78, 5) is 19.4. The van der Waals surface area contributed by atoms with Crippen LogP contribution in [0.2, 0.25) is 0 Å². The lowest BCUT2D eigenvalue weighted by Gasteiger charge is -2.39. The third-order valence-electron chi connectivity index (χ3n) is 8.32. The molecule has 6 rings (SSSR count). The van der Waals surface area contributed by atoms with Crippen molar-refractivity contribution < 1.29 is 24.1 Å². The van der Waals surface area contributed by atoms with Crippen LogP contribution in [0.15, 0.2) is 103 Å². The van der Waals surface area contributed by atoms with Crippen LogP contribution >= 0.6 is 0 Å². The number of aromatic nitrogens is 2. The molecule has 5 aromatic rings. The Morgan fingerprint density at radius 1 is 0.826 bits per heavy atom. The van der Waals surface area contributed by atoms with Crippen LogP contribution in [0.25, 0.3) is 16.6 Å². The first-order chi connectivity index (χ1) is 22.4. The van der Waals surface area contributed by atoms with Gasteiger partial charge in [0, 0.05) is 36.4 Å². The van der Waals surface area contributed by atoms with E-state index >= 15 is 0 Å². The molecule has 2 aromatic heterocycles. The molecule has 1 aliphatic rings. The fourth-order valence-corrected chi connectivity index (χ4v) is 5.80. The number of nitrogens with zero attached hydrogens (tertiary/aromatic N) is 3. The normalized spacial score (nSPS) is 14.4. The van der Waals surface area contributed by atoms with Crippen molar-refractivity contribution in [2.45, 2.75) is 51.9 Å². The predicted molar refractivity (Wildman–Crippen MR) is 179 cm³/mol. The zero-order valence-electron chi connectivity index (χ0n) is 26.5. The number of carbonyl (C=O) groups is 1. The van der Waals surface area contributed by atoms with E-state index in [1.54, 1.807) is 0 Å². The second-order valence-corrected chi connectivity index (χ2v) is 12.4. The molecule has 3 aromatic carbocycles. The SMILES string of the molecule is CC(C)COC(=O)CC1(O)CCN(c2cccc3c2ccn3-c2ccc(OCc3ccccc3)nc2OCc2ccccc2)CC1. The van der Waals surface area contributed by atoms with Gasteiger partial charge in [0.25, 0.3) is 0 Å². The smallest absolute Gasteiger partial charge is 0.308 e. The summed E-state index contributed by atoms with van der Waals surface area (Å²) in [5, 5.41) is 12.2. The monoisotopic (exact) mass is 619 g/mol. The van der Waals surface area contributed by atoms with Gasteiger partial charge >= 0.3 is 5.97 Å². The molecule has 1 aliphatic heterocycles. The number of rotatable bonds is 12. The van der Waals surface area contributed by atoms with Gasteiger partial charge in [-0.2, -0.15) is 4.98 Å². The number of carbonyl (C=O) groups excluding carboxylic acids is 1. The second-order valence-electron chi connectivity index (χ2n) is 12.4. The van der Waals surface area contributed by atoms with Gasteiger partial charge in [-0.15, -0.1) is 0 Å². The molecule has 1 saturated heterocycles. The number of ether oxygens (including phenoxy) is 3. The summed E-state index contributed by atoms with van der Waals surface area (Å²) in [6.45, 7) is 6.43. The average molecular weight is 620 g/mol. The molecule has 0 spiro atoms. The van der Waals surface area contributed by atoms with Crippen LogP contribution in [0.3, 0.4) is 0 Å². The Morgan fingerprint density at radius 2 is 1.50 bits per heavy atom. The number of hydrogen-bond donors (Lipinski definition) is 1. The second kappa shape index (κ2) is 14.1. The van der Waals surface area contributed by atoms with Crippen LogP contribution in [-0.2, 0) is 22.7 Å². The van der Waals surface area contributed by atoms with Gasteiger partial charge in [-0.25, -0.2) is 0 Å². The quantitative estimate of drug-likeness (QED) is 0.149. The molecule has 0 saturated carbocycles. The van der Waals surface area contributed by atoms with Gasteiger partial charge in [-0.3, -0.25) is 4.79 Å². The molecule has 0 unspecified atom stereocenters. The van der Waals surface area contributed by atoms with E-state index in [2.05, 4.69) is 27.7 Å². The van der Waals surface area contributed by atoms with E-state index in [9.17, 15) is 9.90 Å². The highest BCUT2D eigenvalue weighted by atomic mass is 16.5. The first kappa shape index (κ1) is 31.2. The molecule has 0 amide bonds. The van der Waals surface area contributed by atoms with Crippen molar-refractivity contribution in [3.63, 3.8) is 0 Å². The summed E-state index contributed by atoms with van der Waals surface area (Å²) in [6, 6.07) is 32.3. The van der Waals surface area contributed by atoms with Gasteiger partial charge < -0.3 is 28.8 Å². The van der Waals surface area contributed by atoms with E-state index in [1.165, 1.54) is 0 Å². The molecule has 0 bridgehead atoms. The van der Waals surface area contributed by atoms with Crippen molar-refractivity contribution in [2.75, 3.05) is 24.6 Å². The molecule has 238 valence electrons. The molecule has 46 heavy (non-hydrogen) atoms. The highest BCUT2D eigenvalue weighted by molar-refractivity contribution is 5.94. The van der Waals surface area contributed by atoms with E-state index in [0.717, 1.165) is 33.4 Å². The highest BCUT2D eigenvalue weighted by Gasteiger charge is 2.35. The van der Waals surface area contributed by atoms with Crippen molar-refractivity contribution in [2.24, 2.45) is 5.92 Å². The third kappa shape index (κ3) is 7.51. The molecule has 3 heterocycles. The molecular formula is C38H41N3O5. The van der Waals surface area contributed by atoms with Crippen LogP contribution in [0.1, 0.15) is 44.2 Å². The van der Waals surface area contributed by atoms with Crippen LogP contribution in [0, 0.1) is 5.92 Å². The lowest BCUT2D eigenvalue weighted by atomic mass is 9.88. The Balaban J connectivity index is 1.23. The lowest BCUT2D eigenvalue weighted by molar-refractivity contribution is -0.151. The van der Waals surface area contributed by atoms with Crippen molar-refractivity contribution in [1.82, 2.24) is 9.55 Å². The molecule has 0 radical (unpaired) electrons. The van der Waals surface area contributed by atoms with Crippen LogP contribution in [0.5, 0.6) is 11.8 Å². The zero-order valence-corrected chi connectivity index (χ0v) is 26.5. The van der Waals surface area contributed by atoms with E-state index in [0.29, 0.717) is 57.5 Å². The molecule has 8 heteroatoms. The van der Waals surface area contributed by atoms with Gasteiger partial charge in [0.15, 0.2) is 0 Å². The van der Waals surface area contributed by atoms with Crippen molar-refractivity contribution >= 4 is 22.6 Å². The molecule has 0 aliphatic carbocycles. The Bertz CT molecular complexity index is 1740. The number of anilines is 1. The molecular weight excluding hydrogens is 578 g/mol. The minimum absolute atomic E-state index is 0.0257. The number of pyridine rings is 1. The fraction of sp³-hybridized carbons (Fsp3) is 0.316. The largest absolute Gasteiger partial charge is 0.473 e. The fourth-order valence-electron chi connectivity index (χ4n) is 5.80. The molecule has 1 fully saturated rings. The number of benzene rings is 3. The average Bonchev–Trinajstić information content (AvgIpc) is 3.51. The van der Waals surface area contributed by atoms with Crippen LogP contribution in [-0.4, -0.2) is 45.9 Å². The predicted octanol–water partition coefficient (Wildman–Crippen LogP) is 7.10. The number of fused-ring (bicyclic) bond motifs is 1. The maximum atomic E-state index is 12.3. The number of aliphatic hydroxyl groups is 1. The van der Waals surface area contributed by atoms with E-state index in [-0.39, 0.29) is 18.3 Å². The first-order valence-electron chi connectivity index (χ1n) is 15.9. The van der Waals surface area contributed by atoms with Gasteiger partial charge in [0.1, 0.15) is 18.9 Å². The summed E-state index contributed by atoms with van der Waals surface area (Å²) in [5.41, 5.74) is 3.96. The number of hydrogen-bond acceptors (Lipinski definition) is 7. The summed E-state index contributed by atoms with van der Waals surface area (Å²) in [7, 11) is 0. The Kier molecular flexibility index (Phi) is 9.54. The van der Waals surface area contributed by atoms with Crippen molar-refractivity contribution in [3.8, 4) is 17.4 Å². The summed E-state index contributed by atoms with van der Waals surface area (Å²) in [6.07, 6.45) is 3.05. The standard InChI is InChI=1S/C38H41N3O5/c1-28(2)25-45-36(42)24-38(43)19-22-40(23-20-38)32-14-9-15-33-31(32)18-21-41(33)34-16-17-35(44-26-29-10-5-3-6-11-29)39-37(34)46-27-30-12-7-4-8-13-30/h3-18,21,28,43H,19-20,22-27H2,1-2H3. The molecule has 8 nitrogen and oxygen atoms in total. The molecule has 0 atom stereocenters. The van der Waals surface area contributed by atoms with Gasteiger partial charge in [-0.1, -0.05) is 80.6 Å². The Hall–Kier alpha value is -4.82. The van der Waals surface area contributed by atoms with Crippen molar-refractivity contribution in [1.29, 1.82) is 0 Å². The van der Waals surface area contributed by atoms with E-state index in [4.69, 9.17) is 19.2 Å². The Morgan fingerprint density at radius 3 is 2.17 bits per heavy atom. The number of piperidine rings is 1. The maximum absolute atomic E-state index is 12.3. The first-order valence-corrected chi connectivity index (χ1v) is 15.9. The zero-order chi connectivity index (χ0) is 31.9. The minimum atomic E-state index is -1.05. The van der Waals surface area contributed by atoms with Crippen LogP contribution in [0.4, 0.5) is 5.69 Å². The highest BCUT2D eigenvalue weighted by Crippen LogP contribution is 2.36. The minimum Gasteiger partial charge on any atom is -0.473 e. The third-order valence-corrected chi connectivity index (χ3v) is 8.32. The number of esters is 1.